The summed E-state index contributed by atoms with van der Waals surface area (Å²) in [6.45, 7) is 3.13. The first kappa shape index (κ1) is 15.6. The maximum atomic E-state index is 12.6. The summed E-state index contributed by atoms with van der Waals surface area (Å²) in [6, 6.07) is -1.03. The summed E-state index contributed by atoms with van der Waals surface area (Å²) in [4.78, 5) is 38.5. The Bertz CT molecular complexity index is 439. The van der Waals surface area contributed by atoms with E-state index in [1.165, 1.54) is 12.0 Å². The molecular formula is C14H22N2O5. The minimum Gasteiger partial charge on any atom is -0.480 e. The molecule has 7 nitrogen and oxygen atoms in total. The van der Waals surface area contributed by atoms with Gasteiger partial charge in [0.2, 0.25) is 0 Å². The van der Waals surface area contributed by atoms with Gasteiger partial charge in [0, 0.05) is 19.6 Å². The number of carbonyl (C=O) groups is 3. The van der Waals surface area contributed by atoms with Crippen molar-refractivity contribution >= 4 is 18.0 Å². The summed E-state index contributed by atoms with van der Waals surface area (Å²) in [6.07, 6.45) is 2.13. The van der Waals surface area contributed by atoms with Crippen LogP contribution in [0.5, 0.6) is 0 Å². The van der Waals surface area contributed by atoms with Gasteiger partial charge in [-0.2, -0.15) is 0 Å². The van der Waals surface area contributed by atoms with Crippen molar-refractivity contribution in [2.75, 3.05) is 26.7 Å². The van der Waals surface area contributed by atoms with Crippen LogP contribution in [0, 0.1) is 11.8 Å². The SMILES string of the molecule is COC(=O)C1CN(C(=O)N2CCCCC2C(=O)O)CC1C. The number of urea groups is 1. The molecule has 0 aromatic rings. The molecule has 21 heavy (non-hydrogen) atoms. The number of carbonyl (C=O) groups excluding carboxylic acids is 2. The topological polar surface area (TPSA) is 87.2 Å². The fourth-order valence-electron chi connectivity index (χ4n) is 3.18. The average molecular weight is 298 g/mol. The van der Waals surface area contributed by atoms with Gasteiger partial charge < -0.3 is 19.6 Å². The van der Waals surface area contributed by atoms with Crippen LogP contribution in [0.1, 0.15) is 26.2 Å². The molecule has 0 aromatic carbocycles. The number of esters is 1. The minimum absolute atomic E-state index is 0.0227. The largest absolute Gasteiger partial charge is 0.480 e. The van der Waals surface area contributed by atoms with Crippen LogP contribution in [-0.4, -0.2) is 65.7 Å². The lowest BCUT2D eigenvalue weighted by molar-refractivity contribution is -0.146. The summed E-state index contributed by atoms with van der Waals surface area (Å²) in [5.41, 5.74) is 0. The van der Waals surface area contributed by atoms with Crippen LogP contribution in [0.2, 0.25) is 0 Å². The number of ether oxygens (including phenoxy) is 1. The van der Waals surface area contributed by atoms with E-state index in [9.17, 15) is 19.5 Å². The van der Waals surface area contributed by atoms with E-state index in [1.807, 2.05) is 6.92 Å². The molecule has 3 unspecified atom stereocenters. The Balaban J connectivity index is 2.06. The number of hydrogen-bond acceptors (Lipinski definition) is 4. The van der Waals surface area contributed by atoms with Gasteiger partial charge in [0.05, 0.1) is 13.0 Å². The van der Waals surface area contributed by atoms with Crippen LogP contribution in [0.15, 0.2) is 0 Å². The molecule has 3 atom stereocenters. The Hall–Kier alpha value is -1.79. The molecule has 2 heterocycles. The first-order valence-electron chi connectivity index (χ1n) is 7.32. The van der Waals surface area contributed by atoms with Gasteiger partial charge in [-0.25, -0.2) is 9.59 Å². The maximum absolute atomic E-state index is 12.6. The Morgan fingerprint density at radius 2 is 1.90 bits per heavy atom. The first-order chi connectivity index (χ1) is 9.95. The molecule has 0 radical (unpaired) electrons. The second-order valence-electron chi connectivity index (χ2n) is 5.84. The molecule has 2 aliphatic heterocycles. The number of rotatable bonds is 2. The third kappa shape index (κ3) is 3.11. The Morgan fingerprint density at radius 1 is 1.19 bits per heavy atom. The van der Waals surface area contributed by atoms with Gasteiger partial charge in [0.1, 0.15) is 6.04 Å². The summed E-state index contributed by atoms with van der Waals surface area (Å²) < 4.78 is 4.75. The average Bonchev–Trinajstić information content (AvgIpc) is 2.87. The van der Waals surface area contributed by atoms with Crippen LogP contribution in [-0.2, 0) is 14.3 Å². The lowest BCUT2D eigenvalue weighted by Crippen LogP contribution is -2.52. The standard InChI is InChI=1S/C14H22N2O5/c1-9-7-15(8-10(9)13(19)21-2)14(20)16-6-4-3-5-11(16)12(17)18/h9-11H,3-8H2,1-2H3,(H,17,18). The van der Waals surface area contributed by atoms with Gasteiger partial charge >= 0.3 is 18.0 Å². The van der Waals surface area contributed by atoms with Crippen LogP contribution >= 0.6 is 0 Å². The number of likely N-dealkylation sites (tertiary alicyclic amines) is 2. The van der Waals surface area contributed by atoms with Crippen molar-refractivity contribution < 1.29 is 24.2 Å². The predicted molar refractivity (Wildman–Crippen MR) is 73.6 cm³/mol. The van der Waals surface area contributed by atoms with Crippen LogP contribution in [0.4, 0.5) is 4.79 Å². The molecule has 7 heteroatoms. The summed E-state index contributed by atoms with van der Waals surface area (Å²) in [7, 11) is 1.34. The Morgan fingerprint density at radius 3 is 2.52 bits per heavy atom. The molecule has 2 aliphatic rings. The van der Waals surface area contributed by atoms with Gasteiger partial charge in [-0.1, -0.05) is 6.92 Å². The highest BCUT2D eigenvalue weighted by Gasteiger charge is 2.41. The molecule has 118 valence electrons. The van der Waals surface area contributed by atoms with Crippen molar-refractivity contribution in [3.8, 4) is 0 Å². The number of piperidine rings is 1. The van der Waals surface area contributed by atoms with E-state index in [-0.39, 0.29) is 23.8 Å². The molecule has 2 rings (SSSR count). The van der Waals surface area contributed by atoms with E-state index >= 15 is 0 Å². The third-order valence-corrected chi connectivity index (χ3v) is 4.42. The first-order valence-corrected chi connectivity index (χ1v) is 7.32. The summed E-state index contributed by atoms with van der Waals surface area (Å²) in [5, 5.41) is 9.24. The smallest absolute Gasteiger partial charge is 0.326 e. The highest BCUT2D eigenvalue weighted by molar-refractivity contribution is 5.84. The summed E-state index contributed by atoms with van der Waals surface area (Å²) in [5.74, 6) is -1.58. The van der Waals surface area contributed by atoms with Gasteiger partial charge in [-0.15, -0.1) is 0 Å². The van der Waals surface area contributed by atoms with Crippen molar-refractivity contribution in [3.63, 3.8) is 0 Å². The minimum atomic E-state index is -0.959. The molecular weight excluding hydrogens is 276 g/mol. The van der Waals surface area contributed by atoms with E-state index in [4.69, 9.17) is 4.74 Å². The molecule has 1 N–H and O–H groups in total. The predicted octanol–water partition coefficient (Wildman–Crippen LogP) is 0.786. The van der Waals surface area contributed by atoms with Gasteiger partial charge in [-0.05, 0) is 25.2 Å². The number of aliphatic carboxylic acids is 1. The zero-order valence-electron chi connectivity index (χ0n) is 12.4. The normalized spacial score (nSPS) is 29.3. The van der Waals surface area contributed by atoms with E-state index in [1.54, 1.807) is 4.90 Å². The number of hydrogen-bond donors (Lipinski definition) is 1. The second kappa shape index (κ2) is 6.32. The number of methoxy groups -OCH3 is 1. The number of nitrogens with zero attached hydrogens (tertiary/aromatic N) is 2. The summed E-state index contributed by atoms with van der Waals surface area (Å²) >= 11 is 0. The van der Waals surface area contributed by atoms with Crippen LogP contribution in [0.3, 0.4) is 0 Å². The fourth-order valence-corrected chi connectivity index (χ4v) is 3.18. The van der Waals surface area contributed by atoms with E-state index < -0.39 is 12.0 Å². The Kier molecular flexibility index (Phi) is 4.69. The van der Waals surface area contributed by atoms with Crippen LogP contribution in [0.25, 0.3) is 0 Å². The molecule has 2 saturated heterocycles. The third-order valence-electron chi connectivity index (χ3n) is 4.42. The zero-order chi connectivity index (χ0) is 15.6. The molecule has 0 aromatic heterocycles. The van der Waals surface area contributed by atoms with Crippen molar-refractivity contribution in [1.82, 2.24) is 9.80 Å². The van der Waals surface area contributed by atoms with E-state index in [0.29, 0.717) is 26.1 Å². The van der Waals surface area contributed by atoms with Crippen molar-refractivity contribution in [1.29, 1.82) is 0 Å². The lowest BCUT2D eigenvalue weighted by atomic mass is 9.99. The highest BCUT2D eigenvalue weighted by Crippen LogP contribution is 2.27. The quantitative estimate of drug-likeness (QED) is 0.761. The molecule has 2 fully saturated rings. The van der Waals surface area contributed by atoms with Crippen molar-refractivity contribution in [2.45, 2.75) is 32.2 Å². The monoisotopic (exact) mass is 298 g/mol. The lowest BCUT2D eigenvalue weighted by Gasteiger charge is -2.35. The number of amides is 2. The second-order valence-corrected chi connectivity index (χ2v) is 5.84. The molecule has 0 bridgehead atoms. The van der Waals surface area contributed by atoms with E-state index in [2.05, 4.69) is 0 Å². The van der Waals surface area contributed by atoms with Crippen LogP contribution < -0.4 is 0 Å². The molecule has 0 aliphatic carbocycles. The number of carboxylic acid groups (broad SMARTS) is 1. The van der Waals surface area contributed by atoms with Crippen molar-refractivity contribution in [3.05, 3.63) is 0 Å². The van der Waals surface area contributed by atoms with E-state index in [0.717, 1.165) is 12.8 Å². The number of carboxylic acids is 1. The van der Waals surface area contributed by atoms with Crippen molar-refractivity contribution in [2.24, 2.45) is 11.8 Å². The van der Waals surface area contributed by atoms with Gasteiger partial charge in [-0.3, -0.25) is 4.79 Å². The maximum Gasteiger partial charge on any atom is 0.326 e. The van der Waals surface area contributed by atoms with Gasteiger partial charge in [0.15, 0.2) is 0 Å². The Labute approximate surface area is 123 Å². The molecule has 0 saturated carbocycles. The van der Waals surface area contributed by atoms with Gasteiger partial charge in [0.25, 0.3) is 0 Å². The zero-order valence-corrected chi connectivity index (χ0v) is 12.4. The highest BCUT2D eigenvalue weighted by atomic mass is 16.5. The molecule has 2 amide bonds. The molecule has 0 spiro atoms. The fraction of sp³-hybridized carbons (Fsp3) is 0.786.